The fourth-order valence-electron chi connectivity index (χ4n) is 2.06. The number of carbonyl (C=O) groups excluding carboxylic acids is 2. The lowest BCUT2D eigenvalue weighted by molar-refractivity contribution is -0.117. The lowest BCUT2D eigenvalue weighted by Gasteiger charge is -2.17. The van der Waals surface area contributed by atoms with Gasteiger partial charge in [-0.2, -0.15) is 0 Å². The Morgan fingerprint density at radius 2 is 1.88 bits per heavy atom. The summed E-state index contributed by atoms with van der Waals surface area (Å²) in [5.41, 5.74) is 1.41. The second-order valence-electron chi connectivity index (χ2n) is 6.12. The number of anilines is 2. The van der Waals surface area contributed by atoms with E-state index in [4.69, 9.17) is 0 Å². The molecular weight excluding hydrogens is 334 g/mol. The second kappa shape index (κ2) is 8.58. The standard InChI is InChI=1S/C19H23N3O2S/c1-13(2)14(3)20-18(24)11-10-16-12-25-19(21-16)22(15(4)23)17-8-6-5-7-9-17/h5-14H,1-4H3,(H,20,24)/b11-10+. The molecule has 0 spiro atoms. The summed E-state index contributed by atoms with van der Waals surface area (Å²) in [6, 6.07) is 9.47. The lowest BCUT2D eigenvalue weighted by Crippen LogP contribution is -2.34. The molecule has 0 saturated carbocycles. The predicted molar refractivity (Wildman–Crippen MR) is 103 cm³/mol. The Kier molecular flexibility index (Phi) is 6.47. The number of amides is 2. The van der Waals surface area contributed by atoms with Crippen LogP contribution in [-0.4, -0.2) is 22.8 Å². The van der Waals surface area contributed by atoms with Gasteiger partial charge in [0, 0.05) is 24.4 Å². The summed E-state index contributed by atoms with van der Waals surface area (Å²) in [4.78, 5) is 29.9. The maximum absolute atomic E-state index is 12.0. The molecule has 1 aromatic carbocycles. The normalized spacial score (nSPS) is 12.4. The number of aromatic nitrogens is 1. The number of benzene rings is 1. The van der Waals surface area contributed by atoms with Crippen LogP contribution in [-0.2, 0) is 9.59 Å². The molecule has 1 N–H and O–H groups in total. The van der Waals surface area contributed by atoms with Gasteiger partial charge in [0.25, 0.3) is 0 Å². The van der Waals surface area contributed by atoms with E-state index in [0.29, 0.717) is 16.7 Å². The molecule has 1 unspecified atom stereocenters. The van der Waals surface area contributed by atoms with Crippen LogP contribution in [0.15, 0.2) is 41.8 Å². The highest BCUT2D eigenvalue weighted by molar-refractivity contribution is 7.14. The molecule has 1 heterocycles. The molecule has 0 aliphatic rings. The molecule has 1 aromatic heterocycles. The van der Waals surface area contributed by atoms with Crippen LogP contribution in [0.2, 0.25) is 0 Å². The van der Waals surface area contributed by atoms with Crippen molar-refractivity contribution in [3.63, 3.8) is 0 Å². The van der Waals surface area contributed by atoms with E-state index in [1.165, 1.54) is 24.3 Å². The van der Waals surface area contributed by atoms with Crippen molar-refractivity contribution < 1.29 is 9.59 Å². The quantitative estimate of drug-likeness (QED) is 0.795. The van der Waals surface area contributed by atoms with Crippen LogP contribution in [0.25, 0.3) is 6.08 Å². The molecule has 0 aliphatic heterocycles. The minimum Gasteiger partial charge on any atom is -0.350 e. The van der Waals surface area contributed by atoms with Crippen LogP contribution in [0.3, 0.4) is 0 Å². The highest BCUT2D eigenvalue weighted by Crippen LogP contribution is 2.28. The van der Waals surface area contributed by atoms with Gasteiger partial charge in [-0.1, -0.05) is 32.0 Å². The Morgan fingerprint density at radius 3 is 2.48 bits per heavy atom. The van der Waals surface area contributed by atoms with Gasteiger partial charge in [0.2, 0.25) is 11.8 Å². The number of thiazole rings is 1. The summed E-state index contributed by atoms with van der Waals surface area (Å²) in [7, 11) is 0. The average Bonchev–Trinajstić information content (AvgIpc) is 3.02. The first-order valence-corrected chi connectivity index (χ1v) is 9.06. The molecule has 0 aliphatic carbocycles. The first-order chi connectivity index (χ1) is 11.9. The third-order valence-electron chi connectivity index (χ3n) is 3.81. The van der Waals surface area contributed by atoms with E-state index in [9.17, 15) is 9.59 Å². The van der Waals surface area contributed by atoms with Gasteiger partial charge in [0.1, 0.15) is 0 Å². The van der Waals surface area contributed by atoms with Crippen molar-refractivity contribution in [1.82, 2.24) is 10.3 Å². The van der Waals surface area contributed by atoms with Gasteiger partial charge in [-0.15, -0.1) is 11.3 Å². The molecule has 2 aromatic rings. The molecule has 5 nitrogen and oxygen atoms in total. The number of rotatable bonds is 6. The van der Waals surface area contributed by atoms with E-state index >= 15 is 0 Å². The van der Waals surface area contributed by atoms with Crippen molar-refractivity contribution in [3.05, 3.63) is 47.5 Å². The number of hydrogen-bond acceptors (Lipinski definition) is 4. The highest BCUT2D eigenvalue weighted by Gasteiger charge is 2.17. The molecular formula is C19H23N3O2S. The lowest BCUT2D eigenvalue weighted by atomic mass is 10.1. The van der Waals surface area contributed by atoms with Crippen molar-refractivity contribution in [2.45, 2.75) is 33.7 Å². The Morgan fingerprint density at radius 1 is 1.20 bits per heavy atom. The summed E-state index contributed by atoms with van der Waals surface area (Å²) in [5.74, 6) is 0.111. The zero-order valence-electron chi connectivity index (χ0n) is 14.9. The van der Waals surface area contributed by atoms with Crippen molar-refractivity contribution in [2.75, 3.05) is 4.90 Å². The molecule has 1 atom stereocenters. The molecule has 6 heteroatoms. The number of nitrogens with zero attached hydrogens (tertiary/aromatic N) is 2. The van der Waals surface area contributed by atoms with Crippen LogP contribution >= 0.6 is 11.3 Å². The van der Waals surface area contributed by atoms with Crippen molar-refractivity contribution in [3.8, 4) is 0 Å². The largest absolute Gasteiger partial charge is 0.350 e. The summed E-state index contributed by atoms with van der Waals surface area (Å²) in [5, 5.41) is 5.31. The van der Waals surface area contributed by atoms with E-state index in [2.05, 4.69) is 24.1 Å². The zero-order chi connectivity index (χ0) is 18.4. The van der Waals surface area contributed by atoms with Crippen LogP contribution in [0.4, 0.5) is 10.8 Å². The van der Waals surface area contributed by atoms with Crippen LogP contribution in [0, 0.1) is 5.92 Å². The van der Waals surface area contributed by atoms with Gasteiger partial charge in [-0.3, -0.25) is 14.5 Å². The molecule has 132 valence electrons. The van der Waals surface area contributed by atoms with Gasteiger partial charge >= 0.3 is 0 Å². The maximum atomic E-state index is 12.0. The summed E-state index contributed by atoms with van der Waals surface area (Å²) in [6.07, 6.45) is 3.13. The Balaban J connectivity index is 2.12. The van der Waals surface area contributed by atoms with Crippen LogP contribution in [0.5, 0.6) is 0 Å². The van der Waals surface area contributed by atoms with E-state index in [1.807, 2.05) is 42.6 Å². The maximum Gasteiger partial charge on any atom is 0.244 e. The molecule has 0 fully saturated rings. The highest BCUT2D eigenvalue weighted by atomic mass is 32.1. The Labute approximate surface area is 152 Å². The third kappa shape index (κ3) is 5.26. The summed E-state index contributed by atoms with van der Waals surface area (Å²) >= 11 is 1.36. The Hall–Kier alpha value is -2.47. The SMILES string of the molecule is CC(=O)N(c1ccccc1)c1nc(/C=C/C(=O)NC(C)C(C)C)cs1. The fraction of sp³-hybridized carbons (Fsp3) is 0.316. The minimum absolute atomic E-state index is 0.106. The average molecular weight is 357 g/mol. The van der Waals surface area contributed by atoms with Crippen LogP contribution in [0.1, 0.15) is 33.4 Å². The van der Waals surface area contributed by atoms with Gasteiger partial charge < -0.3 is 5.32 Å². The molecule has 25 heavy (non-hydrogen) atoms. The monoisotopic (exact) mass is 357 g/mol. The first-order valence-electron chi connectivity index (χ1n) is 8.18. The minimum atomic E-state index is -0.151. The fourth-order valence-corrected chi connectivity index (χ4v) is 2.91. The number of carbonyl (C=O) groups is 2. The molecule has 0 saturated heterocycles. The smallest absolute Gasteiger partial charge is 0.244 e. The number of hydrogen-bond donors (Lipinski definition) is 1. The van der Waals surface area contributed by atoms with E-state index in [-0.39, 0.29) is 17.9 Å². The van der Waals surface area contributed by atoms with Crippen molar-refractivity contribution in [1.29, 1.82) is 0 Å². The molecule has 0 bridgehead atoms. The zero-order valence-corrected chi connectivity index (χ0v) is 15.7. The number of para-hydroxylation sites is 1. The number of nitrogens with one attached hydrogen (secondary N) is 1. The molecule has 2 amide bonds. The Bertz CT molecular complexity index is 753. The van der Waals surface area contributed by atoms with E-state index in [1.54, 1.807) is 11.0 Å². The van der Waals surface area contributed by atoms with Crippen molar-refractivity contribution >= 4 is 40.0 Å². The summed E-state index contributed by atoms with van der Waals surface area (Å²) < 4.78 is 0. The van der Waals surface area contributed by atoms with Gasteiger partial charge in [0.05, 0.1) is 11.4 Å². The van der Waals surface area contributed by atoms with E-state index < -0.39 is 0 Å². The predicted octanol–water partition coefficient (Wildman–Crippen LogP) is 4.00. The van der Waals surface area contributed by atoms with Crippen LogP contribution < -0.4 is 10.2 Å². The first kappa shape index (κ1) is 18.9. The van der Waals surface area contributed by atoms with Gasteiger partial charge in [0.15, 0.2) is 5.13 Å². The van der Waals surface area contributed by atoms with E-state index in [0.717, 1.165) is 5.69 Å². The topological polar surface area (TPSA) is 62.3 Å². The third-order valence-corrected chi connectivity index (χ3v) is 4.65. The van der Waals surface area contributed by atoms with Crippen molar-refractivity contribution in [2.24, 2.45) is 5.92 Å². The van der Waals surface area contributed by atoms with Gasteiger partial charge in [-0.05, 0) is 31.1 Å². The molecule has 0 radical (unpaired) electrons. The summed E-state index contributed by atoms with van der Waals surface area (Å²) in [6.45, 7) is 7.59. The second-order valence-corrected chi connectivity index (χ2v) is 6.96. The molecule has 2 rings (SSSR count). The van der Waals surface area contributed by atoms with Gasteiger partial charge in [-0.25, -0.2) is 4.98 Å².